The SMILES string of the molecule is CN1CCC(Nc2cc(C(=O)Cc3cc4cc(-c5cnn(C)c5)ccc4cn3)ccn2)CC1. The molecule has 0 aliphatic carbocycles. The Hall–Kier alpha value is -3.58. The molecule has 1 aromatic carbocycles. The Kier molecular flexibility index (Phi) is 5.88. The molecule has 4 heterocycles. The van der Waals surface area contributed by atoms with Crippen LogP contribution in [0.4, 0.5) is 5.82 Å². The lowest BCUT2D eigenvalue weighted by molar-refractivity contribution is 0.0992. The third kappa shape index (κ3) is 4.93. The van der Waals surface area contributed by atoms with E-state index >= 15 is 0 Å². The number of aryl methyl sites for hydroxylation is 1. The first-order valence-corrected chi connectivity index (χ1v) is 11.4. The first-order valence-electron chi connectivity index (χ1n) is 11.4. The van der Waals surface area contributed by atoms with E-state index in [-0.39, 0.29) is 12.2 Å². The molecule has 0 spiro atoms. The molecule has 1 aliphatic rings. The Morgan fingerprint density at radius 1 is 1.00 bits per heavy atom. The van der Waals surface area contributed by atoms with Gasteiger partial charge in [-0.2, -0.15) is 5.10 Å². The van der Waals surface area contributed by atoms with Gasteiger partial charge in [-0.3, -0.25) is 14.5 Å². The lowest BCUT2D eigenvalue weighted by Gasteiger charge is -2.29. The molecule has 168 valence electrons. The minimum Gasteiger partial charge on any atom is -0.367 e. The summed E-state index contributed by atoms with van der Waals surface area (Å²) in [7, 11) is 4.06. The molecular weight excluding hydrogens is 412 g/mol. The fourth-order valence-corrected chi connectivity index (χ4v) is 4.34. The smallest absolute Gasteiger partial charge is 0.169 e. The van der Waals surface area contributed by atoms with Crippen LogP contribution in [0.3, 0.4) is 0 Å². The van der Waals surface area contributed by atoms with Gasteiger partial charge in [-0.1, -0.05) is 12.1 Å². The predicted octanol–water partition coefficient (Wildman–Crippen LogP) is 3.96. The lowest BCUT2D eigenvalue weighted by Crippen LogP contribution is -2.36. The molecule has 0 bridgehead atoms. The number of pyridine rings is 2. The summed E-state index contributed by atoms with van der Waals surface area (Å²) in [5, 5.41) is 9.87. The Morgan fingerprint density at radius 3 is 2.64 bits per heavy atom. The van der Waals surface area contributed by atoms with Gasteiger partial charge in [-0.15, -0.1) is 0 Å². The first kappa shape index (κ1) is 21.3. The highest BCUT2D eigenvalue weighted by Crippen LogP contribution is 2.24. The summed E-state index contributed by atoms with van der Waals surface area (Å²) >= 11 is 0. The van der Waals surface area contributed by atoms with Crippen LogP contribution in [0, 0.1) is 0 Å². The Morgan fingerprint density at radius 2 is 1.85 bits per heavy atom. The molecular formula is C26H28N6O. The van der Waals surface area contributed by atoms with Crippen molar-refractivity contribution in [2.75, 3.05) is 25.5 Å². The van der Waals surface area contributed by atoms with Crippen LogP contribution in [0.25, 0.3) is 21.9 Å². The molecule has 3 aromatic heterocycles. The summed E-state index contributed by atoms with van der Waals surface area (Å²) in [6, 6.07) is 12.3. The monoisotopic (exact) mass is 440 g/mol. The highest BCUT2D eigenvalue weighted by Gasteiger charge is 2.17. The zero-order valence-electron chi connectivity index (χ0n) is 19.0. The number of Topliss-reactive ketones (excluding diaryl/α,β-unsaturated/α-hetero) is 1. The van der Waals surface area contributed by atoms with E-state index in [0.29, 0.717) is 11.6 Å². The van der Waals surface area contributed by atoms with Gasteiger partial charge in [-0.25, -0.2) is 4.98 Å². The van der Waals surface area contributed by atoms with Gasteiger partial charge in [0.15, 0.2) is 5.78 Å². The number of hydrogen-bond donors (Lipinski definition) is 1. The summed E-state index contributed by atoms with van der Waals surface area (Å²) < 4.78 is 1.79. The first-order chi connectivity index (χ1) is 16.0. The topological polar surface area (TPSA) is 75.9 Å². The summed E-state index contributed by atoms with van der Waals surface area (Å²) in [5.41, 5.74) is 3.58. The number of ketones is 1. The van der Waals surface area contributed by atoms with E-state index in [4.69, 9.17) is 0 Å². The molecule has 0 radical (unpaired) electrons. The van der Waals surface area contributed by atoms with Crippen LogP contribution in [0.15, 0.2) is 61.2 Å². The normalized spacial score (nSPS) is 15.1. The number of likely N-dealkylation sites (tertiary alicyclic amines) is 1. The van der Waals surface area contributed by atoms with Crippen LogP contribution >= 0.6 is 0 Å². The average Bonchev–Trinajstić information content (AvgIpc) is 3.26. The second kappa shape index (κ2) is 9.11. The van der Waals surface area contributed by atoms with Gasteiger partial charge >= 0.3 is 0 Å². The largest absolute Gasteiger partial charge is 0.367 e. The number of carbonyl (C=O) groups excluding carboxylic acids is 1. The van der Waals surface area contributed by atoms with Crippen molar-refractivity contribution in [1.29, 1.82) is 0 Å². The minimum absolute atomic E-state index is 0.0408. The summed E-state index contributed by atoms with van der Waals surface area (Å²) in [4.78, 5) is 24.3. The van der Waals surface area contributed by atoms with E-state index in [1.165, 1.54) is 0 Å². The fraction of sp³-hybridized carbons (Fsp3) is 0.308. The number of rotatable bonds is 6. The van der Waals surface area contributed by atoms with E-state index in [2.05, 4.69) is 50.5 Å². The highest BCUT2D eigenvalue weighted by molar-refractivity contribution is 5.98. The van der Waals surface area contributed by atoms with Gasteiger partial charge in [-0.05, 0) is 68.2 Å². The maximum Gasteiger partial charge on any atom is 0.169 e. The second-order valence-electron chi connectivity index (χ2n) is 8.89. The molecule has 7 nitrogen and oxygen atoms in total. The van der Waals surface area contributed by atoms with E-state index in [0.717, 1.165) is 59.3 Å². The molecule has 1 N–H and O–H groups in total. The number of aromatic nitrogens is 4. The molecule has 0 atom stereocenters. The maximum atomic E-state index is 13.0. The van der Waals surface area contributed by atoms with Gasteiger partial charge in [0, 0.05) is 53.9 Å². The number of piperidine rings is 1. The number of nitrogens with zero attached hydrogens (tertiary/aromatic N) is 5. The molecule has 1 saturated heterocycles. The summed E-state index contributed by atoms with van der Waals surface area (Å²) in [6.45, 7) is 2.15. The van der Waals surface area contributed by atoms with Crippen LogP contribution in [-0.4, -0.2) is 56.6 Å². The number of hydrogen-bond acceptors (Lipinski definition) is 6. The van der Waals surface area contributed by atoms with Crippen molar-refractivity contribution >= 4 is 22.4 Å². The number of carbonyl (C=O) groups is 1. The van der Waals surface area contributed by atoms with E-state index in [9.17, 15) is 4.79 Å². The number of anilines is 1. The number of benzene rings is 1. The average molecular weight is 441 g/mol. The third-order valence-corrected chi connectivity index (χ3v) is 6.31. The van der Waals surface area contributed by atoms with E-state index < -0.39 is 0 Å². The van der Waals surface area contributed by atoms with Crippen molar-refractivity contribution < 1.29 is 4.79 Å². The molecule has 0 amide bonds. The standard InChI is InChI=1S/C26H28N6O/c1-31-9-6-23(7-10-31)30-26-13-19(5-8-27-26)25(33)14-24-12-21-11-18(3-4-20(21)15-28-24)22-16-29-32(2)17-22/h3-5,8,11-13,15-17,23H,6-7,9-10,14H2,1-2H3,(H,27,30). The van der Waals surface area contributed by atoms with Crippen LogP contribution in [0.2, 0.25) is 0 Å². The van der Waals surface area contributed by atoms with Crippen LogP contribution < -0.4 is 5.32 Å². The zero-order valence-corrected chi connectivity index (χ0v) is 19.0. The second-order valence-corrected chi connectivity index (χ2v) is 8.89. The van der Waals surface area contributed by atoms with Gasteiger partial charge in [0.05, 0.1) is 12.6 Å². The fourth-order valence-electron chi connectivity index (χ4n) is 4.34. The van der Waals surface area contributed by atoms with Crippen molar-refractivity contribution in [3.63, 3.8) is 0 Å². The Labute approximate surface area is 193 Å². The molecule has 1 aliphatic heterocycles. The zero-order chi connectivity index (χ0) is 22.8. The number of nitrogens with one attached hydrogen (secondary N) is 1. The van der Waals surface area contributed by atoms with Crippen molar-refractivity contribution in [3.05, 3.63) is 72.4 Å². The van der Waals surface area contributed by atoms with E-state index in [1.54, 1.807) is 16.9 Å². The molecule has 1 fully saturated rings. The van der Waals surface area contributed by atoms with Crippen molar-refractivity contribution in [2.24, 2.45) is 7.05 Å². The van der Waals surface area contributed by atoms with Crippen molar-refractivity contribution in [3.8, 4) is 11.1 Å². The Balaban J connectivity index is 1.31. The number of fused-ring (bicyclic) bond motifs is 1. The summed E-state index contributed by atoms with van der Waals surface area (Å²) in [6.07, 6.45) is 9.81. The highest BCUT2D eigenvalue weighted by atomic mass is 16.1. The van der Waals surface area contributed by atoms with Gasteiger partial charge < -0.3 is 10.2 Å². The van der Waals surface area contributed by atoms with Crippen LogP contribution in [-0.2, 0) is 13.5 Å². The van der Waals surface area contributed by atoms with Crippen LogP contribution in [0.1, 0.15) is 28.9 Å². The quantitative estimate of drug-likeness (QED) is 0.458. The molecule has 0 unspecified atom stereocenters. The van der Waals surface area contributed by atoms with Crippen LogP contribution in [0.5, 0.6) is 0 Å². The Bertz CT molecular complexity index is 1290. The summed E-state index contributed by atoms with van der Waals surface area (Å²) in [5.74, 6) is 0.807. The van der Waals surface area contributed by atoms with Gasteiger partial charge in [0.1, 0.15) is 5.82 Å². The van der Waals surface area contributed by atoms with Gasteiger partial charge in [0.2, 0.25) is 0 Å². The van der Waals surface area contributed by atoms with Crippen molar-refractivity contribution in [2.45, 2.75) is 25.3 Å². The predicted molar refractivity (Wildman–Crippen MR) is 130 cm³/mol. The maximum absolute atomic E-state index is 13.0. The van der Waals surface area contributed by atoms with Crippen molar-refractivity contribution in [1.82, 2.24) is 24.6 Å². The molecule has 5 rings (SSSR count). The molecule has 7 heteroatoms. The molecule has 4 aromatic rings. The third-order valence-electron chi connectivity index (χ3n) is 6.31. The minimum atomic E-state index is 0.0408. The molecule has 33 heavy (non-hydrogen) atoms. The van der Waals surface area contributed by atoms with Gasteiger partial charge in [0.25, 0.3) is 0 Å². The molecule has 0 saturated carbocycles. The lowest BCUT2D eigenvalue weighted by atomic mass is 10.0. The van der Waals surface area contributed by atoms with E-state index in [1.807, 2.05) is 37.8 Å².